The quantitative estimate of drug-likeness (QED) is 0.816. The van der Waals surface area contributed by atoms with Crippen LogP contribution in [0.3, 0.4) is 0 Å². The van der Waals surface area contributed by atoms with Crippen molar-refractivity contribution in [3.8, 4) is 0 Å². The van der Waals surface area contributed by atoms with Crippen molar-refractivity contribution in [3.05, 3.63) is 35.3 Å². The van der Waals surface area contributed by atoms with E-state index in [-0.39, 0.29) is 5.91 Å². The highest BCUT2D eigenvalue weighted by Crippen LogP contribution is 2.17. The Balaban J connectivity index is 2.51. The molecule has 1 amide bonds. The molecule has 2 heterocycles. The van der Waals surface area contributed by atoms with Crippen LogP contribution in [0.15, 0.2) is 18.3 Å². The minimum Gasteiger partial charge on any atom is -0.337 e. The van der Waals surface area contributed by atoms with E-state index in [9.17, 15) is 4.79 Å². The summed E-state index contributed by atoms with van der Waals surface area (Å²) >= 11 is 0. The van der Waals surface area contributed by atoms with Gasteiger partial charge in [0.25, 0.3) is 5.91 Å². The molecule has 0 bridgehead atoms. The van der Waals surface area contributed by atoms with E-state index < -0.39 is 0 Å². The van der Waals surface area contributed by atoms with E-state index in [0.717, 1.165) is 55.0 Å². The van der Waals surface area contributed by atoms with Gasteiger partial charge in [-0.15, -0.1) is 0 Å². The molecule has 0 saturated carbocycles. The number of carbonyl (C=O) groups excluding carboxylic acids is 1. The number of carbonyl (C=O) groups is 1. The van der Waals surface area contributed by atoms with Crippen molar-refractivity contribution in [1.82, 2.24) is 14.3 Å². The van der Waals surface area contributed by atoms with Gasteiger partial charge in [0, 0.05) is 19.3 Å². The monoisotopic (exact) mass is 287 g/mol. The van der Waals surface area contributed by atoms with Crippen LogP contribution in [0.25, 0.3) is 5.65 Å². The third-order valence-corrected chi connectivity index (χ3v) is 3.65. The molecular weight excluding hydrogens is 262 g/mol. The summed E-state index contributed by atoms with van der Waals surface area (Å²) in [7, 11) is 0. The molecule has 2 rings (SSSR count). The molecular formula is C17H25N3O. The number of rotatable bonds is 6. The minimum atomic E-state index is 0.105. The van der Waals surface area contributed by atoms with Gasteiger partial charge >= 0.3 is 0 Å². The van der Waals surface area contributed by atoms with Crippen LogP contribution in [0.2, 0.25) is 0 Å². The van der Waals surface area contributed by atoms with Crippen LogP contribution in [-0.4, -0.2) is 33.3 Å². The van der Waals surface area contributed by atoms with Gasteiger partial charge in [-0.3, -0.25) is 9.20 Å². The lowest BCUT2D eigenvalue weighted by atomic mass is 10.2. The summed E-state index contributed by atoms with van der Waals surface area (Å²) in [5.74, 6) is 0.105. The standard InChI is InChI=1S/C17H25N3O/c1-5-10-19(11-6-2)17(21)16-14(7-3)18-15-9-8-13(4)12-20(15)16/h8-9,12H,5-7,10-11H2,1-4H3. The third-order valence-electron chi connectivity index (χ3n) is 3.65. The average molecular weight is 287 g/mol. The van der Waals surface area contributed by atoms with Crippen LogP contribution in [-0.2, 0) is 6.42 Å². The van der Waals surface area contributed by atoms with E-state index in [0.29, 0.717) is 0 Å². The van der Waals surface area contributed by atoms with Crippen LogP contribution in [0.5, 0.6) is 0 Å². The predicted octanol–water partition coefficient (Wildman–Crippen LogP) is 3.47. The van der Waals surface area contributed by atoms with E-state index >= 15 is 0 Å². The van der Waals surface area contributed by atoms with Crippen molar-refractivity contribution in [2.24, 2.45) is 0 Å². The molecule has 2 aromatic heterocycles. The van der Waals surface area contributed by atoms with Gasteiger partial charge in [-0.2, -0.15) is 0 Å². The highest BCUT2D eigenvalue weighted by atomic mass is 16.2. The zero-order chi connectivity index (χ0) is 15.4. The number of aromatic nitrogens is 2. The number of pyridine rings is 1. The highest BCUT2D eigenvalue weighted by Gasteiger charge is 2.22. The van der Waals surface area contributed by atoms with Gasteiger partial charge in [0.15, 0.2) is 0 Å². The fraction of sp³-hybridized carbons (Fsp3) is 0.529. The topological polar surface area (TPSA) is 37.6 Å². The Kier molecular flexibility index (Phi) is 4.99. The molecule has 0 aliphatic rings. The van der Waals surface area contributed by atoms with Crippen molar-refractivity contribution in [3.63, 3.8) is 0 Å². The van der Waals surface area contributed by atoms with Gasteiger partial charge < -0.3 is 4.90 Å². The number of aryl methyl sites for hydroxylation is 2. The number of hydrogen-bond donors (Lipinski definition) is 0. The fourth-order valence-corrected chi connectivity index (χ4v) is 2.68. The molecule has 0 radical (unpaired) electrons. The summed E-state index contributed by atoms with van der Waals surface area (Å²) < 4.78 is 1.95. The number of amides is 1. The maximum atomic E-state index is 13.0. The first-order valence-corrected chi connectivity index (χ1v) is 7.89. The molecule has 114 valence electrons. The number of hydrogen-bond acceptors (Lipinski definition) is 2. The maximum Gasteiger partial charge on any atom is 0.272 e. The van der Waals surface area contributed by atoms with E-state index in [2.05, 4.69) is 25.8 Å². The van der Waals surface area contributed by atoms with Crippen LogP contribution in [0, 0.1) is 6.92 Å². The van der Waals surface area contributed by atoms with Crippen molar-refractivity contribution in [2.75, 3.05) is 13.1 Å². The first kappa shape index (κ1) is 15.5. The summed E-state index contributed by atoms with van der Waals surface area (Å²) in [5.41, 5.74) is 3.61. The Morgan fingerprint density at radius 2 is 1.86 bits per heavy atom. The predicted molar refractivity (Wildman–Crippen MR) is 85.8 cm³/mol. The number of imidazole rings is 1. The number of nitrogens with zero attached hydrogens (tertiary/aromatic N) is 3. The normalized spacial score (nSPS) is 11.0. The molecule has 0 aromatic carbocycles. The molecule has 4 heteroatoms. The first-order chi connectivity index (χ1) is 10.1. The molecule has 21 heavy (non-hydrogen) atoms. The van der Waals surface area contributed by atoms with E-state index in [4.69, 9.17) is 0 Å². The zero-order valence-electron chi connectivity index (χ0n) is 13.5. The molecule has 0 aliphatic heterocycles. The summed E-state index contributed by atoms with van der Waals surface area (Å²) in [4.78, 5) is 19.5. The Bertz CT molecular complexity index is 624. The molecule has 0 aliphatic carbocycles. The van der Waals surface area contributed by atoms with Crippen molar-refractivity contribution >= 4 is 11.6 Å². The second-order valence-electron chi connectivity index (χ2n) is 5.49. The average Bonchev–Trinajstić information content (AvgIpc) is 2.84. The Hall–Kier alpha value is -1.84. The molecule has 0 N–H and O–H groups in total. The molecule has 2 aromatic rings. The van der Waals surface area contributed by atoms with Crippen LogP contribution in [0.4, 0.5) is 0 Å². The van der Waals surface area contributed by atoms with Crippen molar-refractivity contribution in [2.45, 2.75) is 47.0 Å². The van der Waals surface area contributed by atoms with Crippen LogP contribution < -0.4 is 0 Å². The summed E-state index contributed by atoms with van der Waals surface area (Å²) in [6, 6.07) is 4.02. The van der Waals surface area contributed by atoms with Gasteiger partial charge in [-0.25, -0.2) is 4.98 Å². The molecule has 0 saturated heterocycles. The van der Waals surface area contributed by atoms with E-state index in [1.54, 1.807) is 0 Å². The zero-order valence-corrected chi connectivity index (χ0v) is 13.5. The van der Waals surface area contributed by atoms with E-state index in [1.165, 1.54) is 0 Å². The number of fused-ring (bicyclic) bond motifs is 1. The van der Waals surface area contributed by atoms with Gasteiger partial charge in [-0.05, 0) is 37.8 Å². The smallest absolute Gasteiger partial charge is 0.272 e. The van der Waals surface area contributed by atoms with Gasteiger partial charge in [-0.1, -0.05) is 26.8 Å². The van der Waals surface area contributed by atoms with Gasteiger partial charge in [0.2, 0.25) is 0 Å². The molecule has 4 nitrogen and oxygen atoms in total. The van der Waals surface area contributed by atoms with E-state index in [1.807, 2.05) is 34.6 Å². The summed E-state index contributed by atoms with van der Waals surface area (Å²) in [5, 5.41) is 0. The lowest BCUT2D eigenvalue weighted by molar-refractivity contribution is 0.0747. The van der Waals surface area contributed by atoms with Crippen molar-refractivity contribution < 1.29 is 4.79 Å². The Labute approximate surface area is 126 Å². The van der Waals surface area contributed by atoms with Crippen LogP contribution >= 0.6 is 0 Å². The Morgan fingerprint density at radius 3 is 2.43 bits per heavy atom. The lowest BCUT2D eigenvalue weighted by Crippen LogP contribution is -2.34. The summed E-state index contributed by atoms with van der Waals surface area (Å²) in [6.07, 6.45) is 4.73. The SMILES string of the molecule is CCCN(CCC)C(=O)c1c(CC)nc2ccc(C)cn12. The molecule has 0 atom stereocenters. The third kappa shape index (κ3) is 3.09. The first-order valence-electron chi connectivity index (χ1n) is 7.89. The molecule has 0 unspecified atom stereocenters. The lowest BCUT2D eigenvalue weighted by Gasteiger charge is -2.21. The van der Waals surface area contributed by atoms with Crippen LogP contribution in [0.1, 0.15) is 55.4 Å². The minimum absolute atomic E-state index is 0.105. The molecule has 0 spiro atoms. The highest BCUT2D eigenvalue weighted by molar-refractivity contribution is 5.94. The van der Waals surface area contributed by atoms with Crippen molar-refractivity contribution in [1.29, 1.82) is 0 Å². The van der Waals surface area contributed by atoms with Gasteiger partial charge in [0.1, 0.15) is 11.3 Å². The Morgan fingerprint density at radius 1 is 1.19 bits per heavy atom. The largest absolute Gasteiger partial charge is 0.337 e. The summed E-state index contributed by atoms with van der Waals surface area (Å²) in [6.45, 7) is 9.90. The molecule has 0 fully saturated rings. The van der Waals surface area contributed by atoms with Gasteiger partial charge in [0.05, 0.1) is 5.69 Å². The second-order valence-corrected chi connectivity index (χ2v) is 5.49. The fourth-order valence-electron chi connectivity index (χ4n) is 2.68. The maximum absolute atomic E-state index is 13.0. The second kappa shape index (κ2) is 6.74.